The molecule has 98 valence electrons. The van der Waals surface area contributed by atoms with Crippen LogP contribution in [-0.4, -0.2) is 25.1 Å². The highest BCUT2D eigenvalue weighted by atomic mass is 32.2. The van der Waals surface area contributed by atoms with Crippen LogP contribution >= 0.6 is 11.8 Å². The molecule has 0 atom stereocenters. The van der Waals surface area contributed by atoms with Gasteiger partial charge in [-0.3, -0.25) is 4.79 Å². The number of rotatable bonds is 6. The molecule has 1 saturated carbocycles. The first-order valence-corrected chi connectivity index (χ1v) is 7.63. The second-order valence-corrected chi connectivity index (χ2v) is 6.29. The van der Waals surface area contributed by atoms with Gasteiger partial charge in [0.2, 0.25) is 0 Å². The van der Waals surface area contributed by atoms with Crippen molar-refractivity contribution in [2.45, 2.75) is 31.1 Å². The lowest BCUT2D eigenvalue weighted by atomic mass is 9.64. The first-order valence-electron chi connectivity index (χ1n) is 6.64. The maximum absolute atomic E-state index is 12.6. The molecule has 0 radical (unpaired) electrons. The Balaban J connectivity index is 2.12. The van der Waals surface area contributed by atoms with Crippen LogP contribution in [0.1, 0.15) is 36.5 Å². The molecule has 0 aromatic heterocycles. The Morgan fingerprint density at radius 2 is 2.00 bits per heavy atom. The molecule has 0 heterocycles. The van der Waals surface area contributed by atoms with Crippen LogP contribution in [-0.2, 0) is 0 Å². The number of thioether (sulfide) groups is 1. The van der Waals surface area contributed by atoms with Gasteiger partial charge in [0.05, 0.1) is 0 Å². The highest BCUT2D eigenvalue weighted by Gasteiger charge is 2.43. The van der Waals surface area contributed by atoms with Crippen LogP contribution < -0.4 is 5.32 Å². The summed E-state index contributed by atoms with van der Waals surface area (Å²) < 4.78 is 0. The minimum absolute atomic E-state index is 0.131. The summed E-state index contributed by atoms with van der Waals surface area (Å²) in [4.78, 5) is 13.8. The Bertz CT molecular complexity index is 409. The van der Waals surface area contributed by atoms with E-state index in [9.17, 15) is 4.79 Å². The largest absolute Gasteiger partial charge is 0.319 e. The third-order valence-electron chi connectivity index (χ3n) is 3.74. The van der Waals surface area contributed by atoms with Gasteiger partial charge in [0.15, 0.2) is 5.78 Å². The molecule has 1 aromatic rings. The number of benzene rings is 1. The second kappa shape index (κ2) is 5.89. The fraction of sp³-hybridized carbons (Fsp3) is 0.533. The number of carbonyl (C=O) groups excluding carboxylic acids is 1. The monoisotopic (exact) mass is 263 g/mol. The molecule has 2 nitrogen and oxygen atoms in total. The average Bonchev–Trinajstić information content (AvgIpc) is 2.34. The van der Waals surface area contributed by atoms with Crippen LogP contribution in [0.15, 0.2) is 29.2 Å². The van der Waals surface area contributed by atoms with Gasteiger partial charge in [-0.25, -0.2) is 0 Å². The van der Waals surface area contributed by atoms with Gasteiger partial charge in [-0.1, -0.05) is 25.5 Å². The Kier molecular flexibility index (Phi) is 4.46. The number of ketones is 1. The number of hydrogen-bond acceptors (Lipinski definition) is 3. The zero-order chi connectivity index (χ0) is 13.0. The van der Waals surface area contributed by atoms with Crippen molar-refractivity contribution in [3.05, 3.63) is 29.8 Å². The van der Waals surface area contributed by atoms with Gasteiger partial charge in [0.1, 0.15) is 0 Å². The van der Waals surface area contributed by atoms with Crippen molar-refractivity contribution in [3.8, 4) is 0 Å². The molecule has 1 N–H and O–H groups in total. The molecule has 1 aromatic carbocycles. The maximum Gasteiger partial charge on any atom is 0.170 e. The quantitative estimate of drug-likeness (QED) is 0.630. The van der Waals surface area contributed by atoms with Crippen LogP contribution in [0.3, 0.4) is 0 Å². The van der Waals surface area contributed by atoms with Gasteiger partial charge in [-0.05, 0) is 37.8 Å². The lowest BCUT2D eigenvalue weighted by Crippen LogP contribution is -2.45. The van der Waals surface area contributed by atoms with Crippen molar-refractivity contribution in [3.63, 3.8) is 0 Å². The van der Waals surface area contributed by atoms with Crippen molar-refractivity contribution in [2.75, 3.05) is 19.3 Å². The number of Topliss-reactive ketones (excluding diaryl/α,β-unsaturated/α-hetero) is 1. The van der Waals surface area contributed by atoms with Crippen LogP contribution in [0.2, 0.25) is 0 Å². The third-order valence-corrected chi connectivity index (χ3v) is 4.63. The van der Waals surface area contributed by atoms with E-state index in [0.29, 0.717) is 5.78 Å². The van der Waals surface area contributed by atoms with Gasteiger partial charge in [0, 0.05) is 22.4 Å². The van der Waals surface area contributed by atoms with Gasteiger partial charge in [-0.15, -0.1) is 11.8 Å². The summed E-state index contributed by atoms with van der Waals surface area (Å²) in [6.45, 7) is 2.94. The second-order valence-electron chi connectivity index (χ2n) is 4.95. The van der Waals surface area contributed by atoms with Gasteiger partial charge >= 0.3 is 0 Å². The van der Waals surface area contributed by atoms with E-state index in [1.165, 1.54) is 11.3 Å². The standard InChI is InChI=1S/C15H21NOS/c1-3-18-13-7-5-12(6-8-13)14(17)15(11-16-2)9-4-10-15/h5-8,16H,3-4,9-11H2,1-2H3. The smallest absolute Gasteiger partial charge is 0.170 e. The first-order chi connectivity index (χ1) is 8.72. The number of carbonyl (C=O) groups is 1. The summed E-state index contributed by atoms with van der Waals surface area (Å²) >= 11 is 1.81. The van der Waals surface area contributed by atoms with E-state index in [2.05, 4.69) is 24.4 Å². The highest BCUT2D eigenvalue weighted by Crippen LogP contribution is 2.43. The Hall–Kier alpha value is -0.800. The zero-order valence-corrected chi connectivity index (χ0v) is 12.0. The van der Waals surface area contributed by atoms with E-state index in [1.807, 2.05) is 30.9 Å². The molecule has 1 fully saturated rings. The van der Waals surface area contributed by atoms with E-state index >= 15 is 0 Å². The molecule has 0 amide bonds. The van der Waals surface area contributed by atoms with Crippen molar-refractivity contribution in [1.29, 1.82) is 0 Å². The van der Waals surface area contributed by atoms with Gasteiger partial charge in [-0.2, -0.15) is 0 Å². The summed E-state index contributed by atoms with van der Waals surface area (Å²) in [5.74, 6) is 1.38. The van der Waals surface area contributed by atoms with Crippen molar-refractivity contribution in [1.82, 2.24) is 5.32 Å². The normalized spacial score (nSPS) is 17.2. The molecular formula is C15H21NOS. The predicted molar refractivity (Wildman–Crippen MR) is 77.4 cm³/mol. The molecule has 0 saturated heterocycles. The fourth-order valence-corrected chi connectivity index (χ4v) is 3.26. The minimum atomic E-state index is -0.131. The summed E-state index contributed by atoms with van der Waals surface area (Å²) in [7, 11) is 1.92. The van der Waals surface area contributed by atoms with Crippen molar-refractivity contribution < 1.29 is 4.79 Å². The lowest BCUT2D eigenvalue weighted by molar-refractivity contribution is 0.0614. The lowest BCUT2D eigenvalue weighted by Gasteiger charge is -2.40. The topological polar surface area (TPSA) is 29.1 Å². The minimum Gasteiger partial charge on any atom is -0.319 e. The van der Waals surface area contributed by atoms with Gasteiger partial charge in [0.25, 0.3) is 0 Å². The molecule has 1 aliphatic rings. The van der Waals surface area contributed by atoms with E-state index in [-0.39, 0.29) is 5.41 Å². The molecule has 0 bridgehead atoms. The Morgan fingerprint density at radius 3 is 2.44 bits per heavy atom. The molecule has 3 heteroatoms. The molecule has 0 unspecified atom stereocenters. The van der Waals surface area contributed by atoms with Crippen LogP contribution in [0, 0.1) is 5.41 Å². The van der Waals surface area contributed by atoms with Crippen molar-refractivity contribution in [2.24, 2.45) is 5.41 Å². The molecular weight excluding hydrogens is 242 g/mol. The molecule has 18 heavy (non-hydrogen) atoms. The Morgan fingerprint density at radius 1 is 1.33 bits per heavy atom. The molecule has 2 rings (SSSR count). The third kappa shape index (κ3) is 2.62. The number of hydrogen-bond donors (Lipinski definition) is 1. The van der Waals surface area contributed by atoms with E-state index < -0.39 is 0 Å². The average molecular weight is 263 g/mol. The van der Waals surface area contributed by atoms with E-state index in [1.54, 1.807) is 0 Å². The molecule has 0 aliphatic heterocycles. The Labute approximate surface area is 114 Å². The maximum atomic E-state index is 12.6. The first kappa shape index (κ1) is 13.6. The van der Waals surface area contributed by atoms with E-state index in [0.717, 1.165) is 30.7 Å². The van der Waals surface area contributed by atoms with Crippen LogP contribution in [0.4, 0.5) is 0 Å². The molecule has 1 aliphatic carbocycles. The van der Waals surface area contributed by atoms with Crippen LogP contribution in [0.5, 0.6) is 0 Å². The predicted octanol–water partition coefficient (Wildman–Crippen LogP) is 3.37. The number of nitrogens with one attached hydrogen (secondary N) is 1. The summed E-state index contributed by atoms with van der Waals surface area (Å²) in [5, 5.41) is 3.17. The SMILES string of the molecule is CCSc1ccc(C(=O)C2(CNC)CCC2)cc1. The fourth-order valence-electron chi connectivity index (χ4n) is 2.60. The zero-order valence-electron chi connectivity index (χ0n) is 11.2. The summed E-state index contributed by atoms with van der Waals surface area (Å²) in [5.41, 5.74) is 0.735. The van der Waals surface area contributed by atoms with Crippen LogP contribution in [0.25, 0.3) is 0 Å². The summed E-state index contributed by atoms with van der Waals surface area (Å²) in [6, 6.07) is 8.09. The van der Waals surface area contributed by atoms with Crippen molar-refractivity contribution >= 4 is 17.5 Å². The van der Waals surface area contributed by atoms with Gasteiger partial charge < -0.3 is 5.32 Å². The molecule has 0 spiro atoms. The summed E-state index contributed by atoms with van der Waals surface area (Å²) in [6.07, 6.45) is 3.23. The highest BCUT2D eigenvalue weighted by molar-refractivity contribution is 7.99. The van der Waals surface area contributed by atoms with E-state index in [4.69, 9.17) is 0 Å².